The summed E-state index contributed by atoms with van der Waals surface area (Å²) >= 11 is 5.57. The summed E-state index contributed by atoms with van der Waals surface area (Å²) < 4.78 is -0.744. The van der Waals surface area contributed by atoms with Crippen LogP contribution >= 0.6 is 27.7 Å². The molecule has 0 aliphatic carbocycles. The van der Waals surface area contributed by atoms with Crippen LogP contribution in [0.3, 0.4) is 0 Å². The summed E-state index contributed by atoms with van der Waals surface area (Å²) in [5.74, 6) is -1.52. The summed E-state index contributed by atoms with van der Waals surface area (Å²) in [6.07, 6.45) is 7.20. The van der Waals surface area contributed by atoms with Crippen LogP contribution in [-0.2, 0) is 14.4 Å². The van der Waals surface area contributed by atoms with Gasteiger partial charge in [-0.25, -0.2) is 0 Å². The topological polar surface area (TPSA) is 81.2 Å². The maximum atomic E-state index is 15.0. The predicted molar refractivity (Wildman–Crippen MR) is 187 cm³/mol. The second kappa shape index (κ2) is 14.3. The minimum absolute atomic E-state index is 0.0183. The maximum absolute atomic E-state index is 15.0. The number of thioether (sulfide) groups is 1. The van der Waals surface area contributed by atoms with E-state index in [1.165, 1.54) is 0 Å². The largest absolute Gasteiger partial charge is 0.396 e. The van der Waals surface area contributed by atoms with Gasteiger partial charge in [-0.1, -0.05) is 71.3 Å². The fraction of sp³-hybridized carbons (Fsp3) is 0.472. The standard InChI is InChI=1S/C36H44BrN3O4S/c1-5-18-38(26-14-10-9-11-15-26)33(42)29-30-34(43)40(20-12-7-8-13-21-41)32(36(30)23-27(37)31(29)45-36)35(44)39(19-6-2)28-22-24(3)16-17-25(28)4/h5-6,9-11,14-17,22,27,29-32,41H,1-2,7-8,12-13,18-21,23H2,3-4H3/t27?,29-,30+,31-,32?,36?/m1/s1. The van der Waals surface area contributed by atoms with Crippen LogP contribution in [0.15, 0.2) is 73.8 Å². The number of hydrogen-bond donors (Lipinski definition) is 1. The molecule has 3 saturated heterocycles. The van der Waals surface area contributed by atoms with Crippen LogP contribution in [0.4, 0.5) is 11.4 Å². The SMILES string of the molecule is C=CCN(C(=O)[C@H]1[C@@H]2SC3(CC2Br)C(C(=O)N(CC=C)c2cc(C)ccc2C)N(CCCCCCO)C(=O)[C@H]13)c1ccccc1. The number of benzene rings is 2. The van der Waals surface area contributed by atoms with Crippen molar-refractivity contribution in [1.82, 2.24) is 4.90 Å². The molecule has 7 nitrogen and oxygen atoms in total. The van der Waals surface area contributed by atoms with Gasteiger partial charge in [0.15, 0.2) is 0 Å². The van der Waals surface area contributed by atoms with Crippen molar-refractivity contribution >= 4 is 56.8 Å². The first kappa shape index (κ1) is 33.5. The van der Waals surface area contributed by atoms with Gasteiger partial charge < -0.3 is 19.8 Å². The monoisotopic (exact) mass is 693 g/mol. The van der Waals surface area contributed by atoms with Crippen LogP contribution in [0.1, 0.15) is 43.2 Å². The van der Waals surface area contributed by atoms with Gasteiger partial charge in [0.2, 0.25) is 11.8 Å². The van der Waals surface area contributed by atoms with E-state index in [1.807, 2.05) is 62.4 Å². The number of fused-ring (bicyclic) bond motifs is 1. The van der Waals surface area contributed by atoms with Gasteiger partial charge in [0.25, 0.3) is 5.91 Å². The molecule has 6 atom stereocenters. The molecular weight excluding hydrogens is 650 g/mol. The zero-order valence-corrected chi connectivity index (χ0v) is 28.6. The molecule has 0 aromatic heterocycles. The molecule has 3 aliphatic rings. The van der Waals surface area contributed by atoms with E-state index in [9.17, 15) is 19.5 Å². The van der Waals surface area contributed by atoms with Gasteiger partial charge in [-0.2, -0.15) is 0 Å². The molecule has 0 saturated carbocycles. The molecule has 9 heteroatoms. The Bertz CT molecular complexity index is 1440. The highest BCUT2D eigenvalue weighted by molar-refractivity contribution is 9.09. The summed E-state index contributed by atoms with van der Waals surface area (Å²) in [6.45, 7) is 13.1. The van der Waals surface area contributed by atoms with E-state index in [2.05, 4.69) is 29.1 Å². The number of aliphatic hydroxyl groups is 1. The number of unbranched alkanes of at least 4 members (excludes halogenated alkanes) is 3. The molecule has 45 heavy (non-hydrogen) atoms. The van der Waals surface area contributed by atoms with Gasteiger partial charge in [-0.3, -0.25) is 14.4 Å². The van der Waals surface area contributed by atoms with Crippen molar-refractivity contribution in [2.45, 2.75) is 66.8 Å². The van der Waals surface area contributed by atoms with Crippen LogP contribution in [0, 0.1) is 25.7 Å². The lowest BCUT2D eigenvalue weighted by atomic mass is 9.70. The molecular formula is C36H44BrN3O4S. The van der Waals surface area contributed by atoms with Crippen LogP contribution in [0.5, 0.6) is 0 Å². The summed E-state index contributed by atoms with van der Waals surface area (Å²) in [6, 6.07) is 14.9. The molecule has 2 bridgehead atoms. The molecule has 5 rings (SSSR count). The Labute approximate surface area is 279 Å². The highest BCUT2D eigenvalue weighted by atomic mass is 79.9. The third kappa shape index (κ3) is 6.15. The van der Waals surface area contributed by atoms with Gasteiger partial charge >= 0.3 is 0 Å². The van der Waals surface area contributed by atoms with Crippen molar-refractivity contribution in [2.75, 3.05) is 36.0 Å². The van der Waals surface area contributed by atoms with Crippen LogP contribution < -0.4 is 9.80 Å². The molecule has 3 heterocycles. The highest BCUT2D eigenvalue weighted by Gasteiger charge is 2.76. The molecule has 3 fully saturated rings. The van der Waals surface area contributed by atoms with Crippen LogP contribution in [0.2, 0.25) is 0 Å². The van der Waals surface area contributed by atoms with E-state index in [1.54, 1.807) is 38.6 Å². The third-order valence-corrected chi connectivity index (χ3v) is 12.7. The maximum Gasteiger partial charge on any atom is 0.251 e. The van der Waals surface area contributed by atoms with Crippen LogP contribution in [-0.4, -0.2) is 74.8 Å². The molecule has 240 valence electrons. The number of carbonyl (C=O) groups excluding carboxylic acids is 3. The van der Waals surface area contributed by atoms with Crippen molar-refractivity contribution in [1.29, 1.82) is 0 Å². The number of likely N-dealkylation sites (tertiary alicyclic amines) is 1. The van der Waals surface area contributed by atoms with Gasteiger partial charge in [-0.15, -0.1) is 24.9 Å². The van der Waals surface area contributed by atoms with E-state index in [4.69, 9.17) is 0 Å². The lowest BCUT2D eigenvalue weighted by Gasteiger charge is -2.38. The molecule has 1 spiro atoms. The smallest absolute Gasteiger partial charge is 0.251 e. The number of nitrogens with zero attached hydrogens (tertiary/aromatic N) is 3. The first-order valence-electron chi connectivity index (χ1n) is 15.9. The summed E-state index contributed by atoms with van der Waals surface area (Å²) in [7, 11) is 0. The fourth-order valence-corrected chi connectivity index (χ4v) is 11.1. The molecule has 2 aromatic carbocycles. The van der Waals surface area contributed by atoms with E-state index >= 15 is 0 Å². The summed E-state index contributed by atoms with van der Waals surface area (Å²) in [5, 5.41) is 9.13. The summed E-state index contributed by atoms with van der Waals surface area (Å²) in [5.41, 5.74) is 3.60. The number of halogens is 1. The van der Waals surface area contributed by atoms with E-state index < -0.39 is 22.6 Å². The minimum Gasteiger partial charge on any atom is -0.396 e. The van der Waals surface area contributed by atoms with E-state index in [0.717, 1.165) is 41.8 Å². The van der Waals surface area contributed by atoms with Gasteiger partial charge in [-0.05, 0) is 62.4 Å². The average Bonchev–Trinajstić information content (AvgIpc) is 3.63. The Hall–Kier alpha value is -2.88. The lowest BCUT2D eigenvalue weighted by molar-refractivity contribution is -0.139. The molecule has 1 N–H and O–H groups in total. The second-order valence-electron chi connectivity index (χ2n) is 12.4. The number of carbonyl (C=O) groups is 3. The Morgan fingerprint density at radius 3 is 2.40 bits per heavy atom. The number of para-hydroxylation sites is 1. The normalized spacial score (nSPS) is 26.5. The first-order chi connectivity index (χ1) is 21.7. The Balaban J connectivity index is 1.57. The number of aliphatic hydroxyl groups excluding tert-OH is 1. The quantitative estimate of drug-likeness (QED) is 0.148. The van der Waals surface area contributed by atoms with Crippen molar-refractivity contribution in [3.8, 4) is 0 Å². The van der Waals surface area contributed by atoms with E-state index in [0.29, 0.717) is 32.5 Å². The molecule has 2 aromatic rings. The Kier molecular flexibility index (Phi) is 10.6. The average molecular weight is 695 g/mol. The van der Waals surface area contributed by atoms with Crippen molar-refractivity contribution < 1.29 is 19.5 Å². The zero-order chi connectivity index (χ0) is 32.3. The van der Waals surface area contributed by atoms with Crippen molar-refractivity contribution in [2.24, 2.45) is 11.8 Å². The Morgan fingerprint density at radius 2 is 1.71 bits per heavy atom. The van der Waals surface area contributed by atoms with Crippen molar-refractivity contribution in [3.05, 3.63) is 85.0 Å². The minimum atomic E-state index is -0.744. The van der Waals surface area contributed by atoms with Gasteiger partial charge in [0, 0.05) is 47.7 Å². The number of amides is 3. The van der Waals surface area contributed by atoms with E-state index in [-0.39, 0.29) is 34.4 Å². The number of alkyl halides is 1. The van der Waals surface area contributed by atoms with Crippen molar-refractivity contribution in [3.63, 3.8) is 0 Å². The number of aryl methyl sites for hydroxylation is 2. The lowest BCUT2D eigenvalue weighted by Crippen LogP contribution is -2.56. The third-order valence-electron chi connectivity index (χ3n) is 9.49. The zero-order valence-electron chi connectivity index (χ0n) is 26.2. The first-order valence-corrected chi connectivity index (χ1v) is 17.7. The number of rotatable bonds is 14. The number of anilines is 2. The Morgan fingerprint density at radius 1 is 1.02 bits per heavy atom. The molecule has 3 unspecified atom stereocenters. The molecule has 3 aliphatic heterocycles. The molecule has 0 radical (unpaired) electrons. The second-order valence-corrected chi connectivity index (χ2v) is 15.1. The van der Waals surface area contributed by atoms with Gasteiger partial charge in [0.05, 0.1) is 16.6 Å². The van der Waals surface area contributed by atoms with Crippen LogP contribution in [0.25, 0.3) is 0 Å². The summed E-state index contributed by atoms with van der Waals surface area (Å²) in [4.78, 5) is 49.5. The molecule has 3 amide bonds. The van der Waals surface area contributed by atoms with Gasteiger partial charge in [0.1, 0.15) is 6.04 Å². The number of hydrogen-bond acceptors (Lipinski definition) is 5. The fourth-order valence-electron chi connectivity index (χ4n) is 7.51. The predicted octanol–water partition coefficient (Wildman–Crippen LogP) is 6.06. The highest BCUT2D eigenvalue weighted by Crippen LogP contribution is 2.68.